The van der Waals surface area contributed by atoms with Gasteiger partial charge in [0.25, 0.3) is 0 Å². The second kappa shape index (κ2) is 10.1. The molecular formula is C27H29N3OS. The van der Waals surface area contributed by atoms with E-state index in [0.29, 0.717) is 11.7 Å². The van der Waals surface area contributed by atoms with E-state index in [4.69, 9.17) is 0 Å². The molecule has 0 unspecified atom stereocenters. The maximum absolute atomic E-state index is 13.3. The van der Waals surface area contributed by atoms with Gasteiger partial charge in [0.15, 0.2) is 5.17 Å². The van der Waals surface area contributed by atoms with E-state index in [1.54, 1.807) is 18.0 Å². The van der Waals surface area contributed by atoms with E-state index in [0.717, 1.165) is 36.0 Å². The van der Waals surface area contributed by atoms with Crippen molar-refractivity contribution < 1.29 is 4.79 Å². The van der Waals surface area contributed by atoms with Gasteiger partial charge < -0.3 is 0 Å². The fourth-order valence-corrected chi connectivity index (χ4v) is 5.16. The van der Waals surface area contributed by atoms with Crippen molar-refractivity contribution in [3.63, 3.8) is 0 Å². The highest BCUT2D eigenvalue weighted by Crippen LogP contribution is 2.33. The predicted octanol–water partition coefficient (Wildman–Crippen LogP) is 6.48. The highest BCUT2D eigenvalue weighted by molar-refractivity contribution is 8.15. The fraction of sp³-hybridized carbons (Fsp3) is 0.296. The van der Waals surface area contributed by atoms with E-state index in [1.807, 2.05) is 17.0 Å². The van der Waals surface area contributed by atoms with E-state index < -0.39 is 0 Å². The lowest BCUT2D eigenvalue weighted by Crippen LogP contribution is -2.31. The number of aryl methyl sites for hydroxylation is 2. The van der Waals surface area contributed by atoms with E-state index in [1.165, 1.54) is 16.3 Å². The molecule has 1 aliphatic heterocycles. The minimum absolute atomic E-state index is 0.0833. The number of rotatable bonds is 7. The Kier molecular flexibility index (Phi) is 7.05. The van der Waals surface area contributed by atoms with Crippen LogP contribution in [0.4, 0.5) is 0 Å². The van der Waals surface area contributed by atoms with Crippen LogP contribution in [0.5, 0.6) is 0 Å². The molecule has 164 valence electrons. The summed E-state index contributed by atoms with van der Waals surface area (Å²) in [6, 6.07) is 20.8. The van der Waals surface area contributed by atoms with E-state index in [-0.39, 0.29) is 11.2 Å². The first kappa shape index (κ1) is 22.3. The summed E-state index contributed by atoms with van der Waals surface area (Å²) in [5.41, 5.74) is 4.55. The van der Waals surface area contributed by atoms with Crippen LogP contribution in [0.25, 0.3) is 10.8 Å². The predicted molar refractivity (Wildman–Crippen MR) is 136 cm³/mol. The molecule has 0 saturated carbocycles. The fourth-order valence-electron chi connectivity index (χ4n) is 4.02. The van der Waals surface area contributed by atoms with Crippen LogP contribution in [-0.4, -0.2) is 27.4 Å². The second-order valence-electron chi connectivity index (χ2n) is 8.30. The number of hydrogen-bond donors (Lipinski definition) is 0. The topological polar surface area (TPSA) is 45.0 Å². The van der Waals surface area contributed by atoms with Crippen LogP contribution in [0.3, 0.4) is 0 Å². The van der Waals surface area contributed by atoms with Crippen LogP contribution >= 0.6 is 11.8 Å². The molecule has 0 spiro atoms. The number of nitrogens with zero attached hydrogens (tertiary/aromatic N) is 3. The molecule has 4 rings (SSSR count). The van der Waals surface area contributed by atoms with Crippen LogP contribution in [0.15, 0.2) is 70.9 Å². The molecule has 1 atom stereocenters. The number of hydrogen-bond acceptors (Lipinski definition) is 4. The third-order valence-electron chi connectivity index (χ3n) is 5.81. The summed E-state index contributed by atoms with van der Waals surface area (Å²) in [6.45, 7) is 6.81. The van der Waals surface area contributed by atoms with Gasteiger partial charge in [-0.15, -0.1) is 5.10 Å². The zero-order valence-corrected chi connectivity index (χ0v) is 19.7. The molecule has 5 heteroatoms. The lowest BCUT2D eigenvalue weighted by atomic mass is 10.0. The highest BCUT2D eigenvalue weighted by Gasteiger charge is 2.37. The lowest BCUT2D eigenvalue weighted by Gasteiger charge is -2.17. The van der Waals surface area contributed by atoms with Crippen molar-refractivity contribution in [2.45, 2.75) is 51.8 Å². The van der Waals surface area contributed by atoms with Crippen molar-refractivity contribution in [3.8, 4) is 0 Å². The molecule has 4 nitrogen and oxygen atoms in total. The van der Waals surface area contributed by atoms with Crippen molar-refractivity contribution in [1.29, 1.82) is 0 Å². The Hall–Kier alpha value is -2.92. The first-order valence-corrected chi connectivity index (χ1v) is 12.1. The SMILES string of the molecule is CCCC[C@H]1S/C(=N\N=C/c2ccc(C)cc2C)N(Cc2cccc3ccccc23)C1=O. The average molecular weight is 444 g/mol. The van der Waals surface area contributed by atoms with Crippen molar-refractivity contribution in [2.24, 2.45) is 10.2 Å². The molecule has 0 aliphatic carbocycles. The first-order chi connectivity index (χ1) is 15.6. The van der Waals surface area contributed by atoms with Crippen molar-refractivity contribution in [3.05, 3.63) is 82.9 Å². The number of thioether (sulfide) groups is 1. The van der Waals surface area contributed by atoms with Gasteiger partial charge in [-0.1, -0.05) is 97.8 Å². The standard InChI is InChI=1S/C27H29N3OS/c1-4-5-13-25-26(31)30(18-23-11-8-10-21-9-6-7-12-24(21)23)27(32-25)29-28-17-22-15-14-19(2)16-20(22)3/h6-12,14-17,25H,4-5,13,18H2,1-3H3/b28-17-,29-27-/t25-/m1/s1. The molecule has 0 N–H and O–H groups in total. The molecule has 1 saturated heterocycles. The van der Waals surface area contributed by atoms with Crippen molar-refractivity contribution in [2.75, 3.05) is 0 Å². The minimum Gasteiger partial charge on any atom is -0.284 e. The molecule has 0 bridgehead atoms. The third-order valence-corrected chi connectivity index (χ3v) is 7.05. The molecule has 0 aromatic heterocycles. The average Bonchev–Trinajstić information content (AvgIpc) is 3.08. The molecular weight excluding hydrogens is 414 g/mol. The lowest BCUT2D eigenvalue weighted by molar-refractivity contribution is -0.126. The van der Waals surface area contributed by atoms with Crippen LogP contribution in [-0.2, 0) is 11.3 Å². The van der Waals surface area contributed by atoms with Gasteiger partial charge in [-0.3, -0.25) is 9.69 Å². The molecule has 3 aromatic carbocycles. The third kappa shape index (κ3) is 4.94. The highest BCUT2D eigenvalue weighted by atomic mass is 32.2. The van der Waals surface area contributed by atoms with Crippen LogP contribution < -0.4 is 0 Å². The van der Waals surface area contributed by atoms with E-state index in [2.05, 4.69) is 79.5 Å². The normalized spacial score (nSPS) is 17.8. The first-order valence-electron chi connectivity index (χ1n) is 11.2. The summed E-state index contributed by atoms with van der Waals surface area (Å²) >= 11 is 1.55. The molecule has 32 heavy (non-hydrogen) atoms. The van der Waals surface area contributed by atoms with Crippen molar-refractivity contribution >= 4 is 39.8 Å². The molecule has 1 heterocycles. The van der Waals surface area contributed by atoms with Gasteiger partial charge in [0, 0.05) is 0 Å². The quantitative estimate of drug-likeness (QED) is 0.310. The summed E-state index contributed by atoms with van der Waals surface area (Å²) in [6.07, 6.45) is 4.75. The Morgan fingerprint density at radius 1 is 1.06 bits per heavy atom. The summed E-state index contributed by atoms with van der Waals surface area (Å²) in [7, 11) is 0. The molecule has 1 amide bonds. The van der Waals surface area contributed by atoms with Gasteiger partial charge in [0.1, 0.15) is 0 Å². The number of amidine groups is 1. The number of fused-ring (bicyclic) bond motifs is 1. The Morgan fingerprint density at radius 2 is 1.88 bits per heavy atom. The van der Waals surface area contributed by atoms with Crippen LogP contribution in [0, 0.1) is 13.8 Å². The Morgan fingerprint density at radius 3 is 2.69 bits per heavy atom. The maximum atomic E-state index is 13.3. The van der Waals surface area contributed by atoms with Gasteiger partial charge in [-0.25, -0.2) is 0 Å². The second-order valence-corrected chi connectivity index (χ2v) is 9.47. The summed E-state index contributed by atoms with van der Waals surface area (Å²) in [5.74, 6) is 0.136. The zero-order valence-electron chi connectivity index (χ0n) is 18.9. The van der Waals surface area contributed by atoms with Gasteiger partial charge in [0.2, 0.25) is 5.91 Å². The zero-order chi connectivity index (χ0) is 22.5. The van der Waals surface area contributed by atoms with Gasteiger partial charge in [-0.2, -0.15) is 5.10 Å². The number of carbonyl (C=O) groups excluding carboxylic acids is 1. The monoisotopic (exact) mass is 443 g/mol. The van der Waals surface area contributed by atoms with E-state index in [9.17, 15) is 4.79 Å². The largest absolute Gasteiger partial charge is 0.284 e. The number of benzene rings is 3. The molecule has 3 aromatic rings. The summed E-state index contributed by atoms with van der Waals surface area (Å²) in [4.78, 5) is 15.1. The number of unbranched alkanes of at least 4 members (excludes halogenated alkanes) is 1. The van der Waals surface area contributed by atoms with Gasteiger partial charge in [-0.05, 0) is 47.7 Å². The van der Waals surface area contributed by atoms with Crippen molar-refractivity contribution in [1.82, 2.24) is 4.90 Å². The molecule has 1 aliphatic rings. The van der Waals surface area contributed by atoms with Gasteiger partial charge in [0.05, 0.1) is 18.0 Å². The summed E-state index contributed by atoms with van der Waals surface area (Å²) in [5, 5.41) is 11.8. The smallest absolute Gasteiger partial charge is 0.242 e. The Balaban J connectivity index is 1.62. The van der Waals surface area contributed by atoms with E-state index >= 15 is 0 Å². The van der Waals surface area contributed by atoms with Crippen LogP contribution in [0.1, 0.15) is 48.4 Å². The number of carbonyl (C=O) groups is 1. The molecule has 0 radical (unpaired) electrons. The Bertz CT molecular complexity index is 1180. The van der Waals surface area contributed by atoms with Crippen LogP contribution in [0.2, 0.25) is 0 Å². The Labute approximate surface area is 194 Å². The number of amides is 1. The van der Waals surface area contributed by atoms with Gasteiger partial charge >= 0.3 is 0 Å². The minimum atomic E-state index is -0.0833. The maximum Gasteiger partial charge on any atom is 0.242 e. The summed E-state index contributed by atoms with van der Waals surface area (Å²) < 4.78 is 0. The molecule has 1 fully saturated rings.